The number of ether oxygens (including phenoxy) is 3. The lowest BCUT2D eigenvalue weighted by Crippen LogP contribution is -2.49. The fourth-order valence-electron chi connectivity index (χ4n) is 4.71. The first-order valence-corrected chi connectivity index (χ1v) is 14.4. The second-order valence-corrected chi connectivity index (χ2v) is 11.5. The minimum absolute atomic E-state index is 0.0926. The summed E-state index contributed by atoms with van der Waals surface area (Å²) in [6.07, 6.45) is 0.456. The quantitative estimate of drug-likeness (QED) is 0.355. The van der Waals surface area contributed by atoms with E-state index in [1.165, 1.54) is 35.5 Å². The molecule has 9 nitrogen and oxygen atoms in total. The third-order valence-electron chi connectivity index (χ3n) is 7.11. The number of hydrogen-bond donors (Lipinski definition) is 0. The summed E-state index contributed by atoms with van der Waals surface area (Å²) in [5.41, 5.74) is 0.858. The van der Waals surface area contributed by atoms with Gasteiger partial charge in [-0.15, -0.1) is 0 Å². The number of hydrogen-bond acceptors (Lipinski definition) is 7. The van der Waals surface area contributed by atoms with E-state index in [9.17, 15) is 22.0 Å². The Morgan fingerprint density at radius 2 is 1.46 bits per heavy atom. The summed E-state index contributed by atoms with van der Waals surface area (Å²) in [5, 5.41) is 0. The second kappa shape index (κ2) is 12.7. The average Bonchev–Trinajstić information content (AvgIpc) is 2.99. The van der Waals surface area contributed by atoms with Crippen LogP contribution >= 0.6 is 0 Å². The summed E-state index contributed by atoms with van der Waals surface area (Å²) in [5.74, 6) is -0.917. The molecule has 3 aromatic carbocycles. The summed E-state index contributed by atoms with van der Waals surface area (Å²) in [4.78, 5) is 16.2. The van der Waals surface area contributed by atoms with Gasteiger partial charge in [-0.05, 0) is 54.4 Å². The smallest absolute Gasteiger partial charge is 0.259 e. The fourth-order valence-corrected chi connectivity index (χ4v) is 5.90. The van der Waals surface area contributed by atoms with E-state index >= 15 is 0 Å². The van der Waals surface area contributed by atoms with E-state index in [0.29, 0.717) is 42.4 Å². The predicted molar refractivity (Wildman–Crippen MR) is 151 cm³/mol. The van der Waals surface area contributed by atoms with E-state index in [1.807, 2.05) is 17.0 Å². The third kappa shape index (κ3) is 6.38. The molecule has 0 unspecified atom stereocenters. The monoisotopic (exact) mass is 589 g/mol. The molecule has 0 saturated carbocycles. The van der Waals surface area contributed by atoms with Crippen molar-refractivity contribution < 1.29 is 36.2 Å². The molecule has 3 aromatic rings. The number of anilines is 1. The number of halogens is 2. The number of benzene rings is 3. The third-order valence-corrected chi connectivity index (χ3v) is 8.96. The maximum Gasteiger partial charge on any atom is 0.259 e. The van der Waals surface area contributed by atoms with Crippen LogP contribution < -0.4 is 19.1 Å². The van der Waals surface area contributed by atoms with Crippen LogP contribution in [-0.2, 0) is 16.4 Å². The number of piperazine rings is 1. The van der Waals surface area contributed by atoms with Gasteiger partial charge in [0.05, 0.1) is 31.9 Å². The number of carbonyl (C=O) groups is 1. The molecule has 1 aliphatic rings. The fraction of sp³-hybridized carbons (Fsp3) is 0.345. The Hall–Kier alpha value is -3.90. The zero-order valence-electron chi connectivity index (χ0n) is 23.4. The van der Waals surface area contributed by atoms with Crippen LogP contribution in [0.25, 0.3) is 0 Å². The van der Waals surface area contributed by atoms with Crippen LogP contribution in [0, 0.1) is 11.6 Å². The van der Waals surface area contributed by atoms with Crippen molar-refractivity contribution in [1.29, 1.82) is 0 Å². The van der Waals surface area contributed by atoms with E-state index in [1.54, 1.807) is 32.4 Å². The van der Waals surface area contributed by atoms with Crippen molar-refractivity contribution >= 4 is 21.6 Å². The number of likely N-dealkylation sites (N-methyl/N-ethyl adjacent to an activating group) is 1. The summed E-state index contributed by atoms with van der Waals surface area (Å²) >= 11 is 0. The van der Waals surface area contributed by atoms with E-state index < -0.39 is 33.1 Å². The lowest BCUT2D eigenvalue weighted by atomic mass is 10.1. The van der Waals surface area contributed by atoms with Crippen LogP contribution in [-0.4, -0.2) is 84.6 Å². The molecule has 1 aliphatic heterocycles. The number of nitrogens with zero attached hydrogens (tertiary/aromatic N) is 3. The van der Waals surface area contributed by atoms with Crippen molar-refractivity contribution in [2.45, 2.75) is 11.3 Å². The maximum atomic E-state index is 14.1. The summed E-state index contributed by atoms with van der Waals surface area (Å²) in [7, 11) is 2.25. The summed E-state index contributed by atoms with van der Waals surface area (Å²) in [6.45, 7) is 1.25. The Balaban J connectivity index is 1.47. The number of methoxy groups -OCH3 is 3. The van der Waals surface area contributed by atoms with E-state index in [2.05, 4.69) is 0 Å². The maximum absolute atomic E-state index is 14.1. The molecular weight excluding hydrogens is 556 g/mol. The predicted octanol–water partition coefficient (Wildman–Crippen LogP) is 3.82. The molecule has 1 fully saturated rings. The average molecular weight is 590 g/mol. The number of sulfonamides is 1. The Bertz CT molecular complexity index is 1490. The highest BCUT2D eigenvalue weighted by Crippen LogP contribution is 2.33. The molecular formula is C29H33F2N3O6S. The van der Waals surface area contributed by atoms with E-state index in [4.69, 9.17) is 14.2 Å². The Labute approximate surface area is 238 Å². The molecule has 0 aromatic heterocycles. The van der Waals surface area contributed by atoms with Crippen LogP contribution in [0.4, 0.5) is 14.5 Å². The van der Waals surface area contributed by atoms with Crippen molar-refractivity contribution in [2.24, 2.45) is 0 Å². The molecule has 0 N–H and O–H groups in total. The largest absolute Gasteiger partial charge is 0.495 e. The summed E-state index contributed by atoms with van der Waals surface area (Å²) in [6, 6.07) is 13.4. The molecule has 1 saturated heterocycles. The van der Waals surface area contributed by atoms with Crippen molar-refractivity contribution in [3.8, 4) is 17.2 Å². The van der Waals surface area contributed by atoms with Crippen LogP contribution in [0.2, 0.25) is 0 Å². The number of carbonyl (C=O) groups excluding carboxylic acids is 1. The summed E-state index contributed by atoms with van der Waals surface area (Å²) < 4.78 is 72.6. The minimum atomic E-state index is -3.85. The Kier molecular flexibility index (Phi) is 9.34. The van der Waals surface area contributed by atoms with Crippen molar-refractivity contribution in [1.82, 2.24) is 9.21 Å². The van der Waals surface area contributed by atoms with Crippen molar-refractivity contribution in [3.05, 3.63) is 77.4 Å². The lowest BCUT2D eigenvalue weighted by Gasteiger charge is -2.37. The lowest BCUT2D eigenvalue weighted by molar-refractivity contribution is 0.0737. The van der Waals surface area contributed by atoms with Gasteiger partial charge in [0.2, 0.25) is 10.0 Å². The molecule has 0 aliphatic carbocycles. The van der Waals surface area contributed by atoms with Gasteiger partial charge in [-0.1, -0.05) is 12.1 Å². The van der Waals surface area contributed by atoms with Crippen molar-refractivity contribution in [3.63, 3.8) is 0 Å². The molecule has 0 spiro atoms. The van der Waals surface area contributed by atoms with Crippen LogP contribution in [0.5, 0.6) is 17.2 Å². The van der Waals surface area contributed by atoms with E-state index in [0.717, 1.165) is 17.7 Å². The molecule has 0 radical (unpaired) electrons. The first-order valence-electron chi connectivity index (χ1n) is 12.9. The minimum Gasteiger partial charge on any atom is -0.495 e. The van der Waals surface area contributed by atoms with Gasteiger partial charge in [0.25, 0.3) is 5.91 Å². The molecule has 0 atom stereocenters. The first-order chi connectivity index (χ1) is 19.6. The molecule has 12 heteroatoms. The molecule has 220 valence electrons. The molecule has 1 amide bonds. The zero-order valence-corrected chi connectivity index (χ0v) is 24.2. The van der Waals surface area contributed by atoms with Crippen LogP contribution in [0.15, 0.2) is 59.5 Å². The van der Waals surface area contributed by atoms with E-state index in [-0.39, 0.29) is 24.5 Å². The topological polar surface area (TPSA) is 88.6 Å². The van der Waals surface area contributed by atoms with Crippen LogP contribution in [0.1, 0.15) is 15.9 Å². The van der Waals surface area contributed by atoms with Gasteiger partial charge in [0, 0.05) is 39.8 Å². The van der Waals surface area contributed by atoms with Gasteiger partial charge in [-0.2, -0.15) is 0 Å². The highest BCUT2D eigenvalue weighted by molar-refractivity contribution is 7.89. The van der Waals surface area contributed by atoms with Gasteiger partial charge in [-0.25, -0.2) is 21.5 Å². The number of amides is 1. The van der Waals surface area contributed by atoms with Gasteiger partial charge in [-0.3, -0.25) is 4.79 Å². The normalized spacial score (nSPS) is 13.8. The molecule has 41 heavy (non-hydrogen) atoms. The molecule has 0 bridgehead atoms. The highest BCUT2D eigenvalue weighted by Gasteiger charge is 2.29. The Morgan fingerprint density at radius 3 is 2.07 bits per heavy atom. The first kappa shape index (κ1) is 30.1. The second-order valence-electron chi connectivity index (χ2n) is 9.48. The number of rotatable bonds is 10. The standard InChI is InChI=1S/C29H33F2N3O6S/c1-32(13-12-20-8-10-26(39-3)27(18-20)40-4)41(36,37)21-9-11-25(38-2)24(19-21)33-14-16-34(17-15-33)29(35)28-22(30)6-5-7-23(28)31/h5-11,18-19H,12-17H2,1-4H3. The van der Waals surface area contributed by atoms with Crippen molar-refractivity contribution in [2.75, 3.05) is 66.0 Å². The Morgan fingerprint density at radius 1 is 0.854 bits per heavy atom. The van der Waals surface area contributed by atoms with Crippen LogP contribution in [0.3, 0.4) is 0 Å². The SMILES string of the molecule is COc1ccc(CCN(C)S(=O)(=O)c2ccc(OC)c(N3CCN(C(=O)c4c(F)cccc4F)CC3)c2)cc1OC. The molecule has 1 heterocycles. The van der Waals surface area contributed by atoms with Gasteiger partial charge in [0.15, 0.2) is 11.5 Å². The van der Waals surface area contributed by atoms with Gasteiger partial charge >= 0.3 is 0 Å². The van der Waals surface area contributed by atoms with Gasteiger partial charge < -0.3 is 24.0 Å². The molecule has 4 rings (SSSR count). The van der Waals surface area contributed by atoms with Gasteiger partial charge in [0.1, 0.15) is 22.9 Å². The zero-order chi connectivity index (χ0) is 29.7. The highest BCUT2D eigenvalue weighted by atomic mass is 32.2.